The topological polar surface area (TPSA) is 38.8 Å². The molecule has 0 saturated carbocycles. The van der Waals surface area contributed by atoms with Crippen LogP contribution in [0.5, 0.6) is 11.5 Å². The number of allylic oxidation sites excluding steroid dienone is 3. The van der Waals surface area contributed by atoms with Gasteiger partial charge in [0.05, 0.1) is 11.1 Å². The normalized spacial score (nSPS) is 16.7. The van der Waals surface area contributed by atoms with Crippen LogP contribution in [0.4, 0.5) is 4.39 Å². The van der Waals surface area contributed by atoms with E-state index in [4.69, 9.17) is 9.47 Å². The zero-order valence-corrected chi connectivity index (χ0v) is 17.5. The molecule has 0 amide bonds. The third-order valence-corrected chi connectivity index (χ3v) is 5.65. The Balaban J connectivity index is 1.31. The summed E-state index contributed by atoms with van der Waals surface area (Å²) >= 11 is 0. The van der Waals surface area contributed by atoms with Crippen LogP contribution >= 0.6 is 0 Å². The molecule has 0 N–H and O–H groups in total. The summed E-state index contributed by atoms with van der Waals surface area (Å²) in [5, 5.41) is 0. The van der Waals surface area contributed by atoms with Crippen molar-refractivity contribution in [2.24, 2.45) is 0 Å². The molecular formula is C27H22FNO3. The second kappa shape index (κ2) is 8.81. The number of carbonyl (C=O) groups excluding carboxylic acids is 1. The lowest BCUT2D eigenvalue weighted by Gasteiger charge is -2.29. The zero-order valence-electron chi connectivity index (χ0n) is 17.5. The number of rotatable bonds is 5. The molecule has 0 aromatic heterocycles. The highest BCUT2D eigenvalue weighted by Crippen LogP contribution is 2.41. The van der Waals surface area contributed by atoms with Crippen molar-refractivity contribution in [2.45, 2.75) is 13.0 Å². The predicted molar refractivity (Wildman–Crippen MR) is 121 cm³/mol. The van der Waals surface area contributed by atoms with Crippen LogP contribution in [0.1, 0.15) is 27.0 Å². The number of Topliss-reactive ketones (excluding diaryl/α,β-unsaturated/α-hetero) is 1. The summed E-state index contributed by atoms with van der Waals surface area (Å²) in [6, 6.07) is 20.0. The summed E-state index contributed by atoms with van der Waals surface area (Å²) in [7, 11) is 0. The highest BCUT2D eigenvalue weighted by Gasteiger charge is 2.33. The third-order valence-electron chi connectivity index (χ3n) is 5.65. The monoisotopic (exact) mass is 427 g/mol. The number of ether oxygens (including phenoxy) is 2. The van der Waals surface area contributed by atoms with Gasteiger partial charge < -0.3 is 9.47 Å². The fourth-order valence-corrected chi connectivity index (χ4v) is 3.91. The van der Waals surface area contributed by atoms with Crippen molar-refractivity contribution in [2.75, 3.05) is 13.3 Å². The summed E-state index contributed by atoms with van der Waals surface area (Å²) in [5.41, 5.74) is 3.57. The second-order valence-corrected chi connectivity index (χ2v) is 7.85. The van der Waals surface area contributed by atoms with Crippen LogP contribution in [-0.2, 0) is 13.0 Å². The van der Waals surface area contributed by atoms with E-state index in [1.165, 1.54) is 12.1 Å². The Morgan fingerprint density at radius 3 is 2.62 bits per heavy atom. The Hall–Kier alpha value is -3.70. The molecule has 0 spiro atoms. The molecule has 2 heterocycles. The molecule has 2 aliphatic rings. The minimum Gasteiger partial charge on any atom is -0.478 e. The number of nitrogens with zero attached hydrogens (tertiary/aromatic N) is 1. The van der Waals surface area contributed by atoms with Crippen LogP contribution in [0.25, 0.3) is 6.08 Å². The molecule has 5 heteroatoms. The van der Waals surface area contributed by atoms with Gasteiger partial charge in [0.15, 0.2) is 5.76 Å². The molecular weight excluding hydrogens is 405 g/mol. The van der Waals surface area contributed by atoms with Gasteiger partial charge in [-0.15, -0.1) is 0 Å². The van der Waals surface area contributed by atoms with Gasteiger partial charge in [-0.25, -0.2) is 4.39 Å². The molecule has 0 unspecified atom stereocenters. The first kappa shape index (κ1) is 20.2. The molecule has 0 saturated heterocycles. The average molecular weight is 427 g/mol. The Morgan fingerprint density at radius 2 is 1.81 bits per heavy atom. The highest BCUT2D eigenvalue weighted by molar-refractivity contribution is 6.13. The first-order valence-corrected chi connectivity index (χ1v) is 10.6. The number of hydrogen-bond donors (Lipinski definition) is 0. The van der Waals surface area contributed by atoms with Crippen molar-refractivity contribution in [3.63, 3.8) is 0 Å². The smallest absolute Gasteiger partial charge is 0.231 e. The Kier molecular flexibility index (Phi) is 5.57. The standard InChI is InChI=1S/C27H22FNO3/c28-21-11-9-20(10-12-21)15-16-29-17-23-24(31-18-29)14-13-22-26(30)25(32-27(22)23)8-4-7-19-5-2-1-3-6-19/h1-14H,15-18H2/b7-4+,25-8+. The van der Waals surface area contributed by atoms with Crippen molar-refractivity contribution >= 4 is 11.9 Å². The second-order valence-electron chi connectivity index (χ2n) is 7.85. The van der Waals surface area contributed by atoms with Crippen LogP contribution in [0.15, 0.2) is 84.6 Å². The van der Waals surface area contributed by atoms with Crippen molar-refractivity contribution in [3.8, 4) is 11.5 Å². The molecule has 5 rings (SSSR count). The van der Waals surface area contributed by atoms with Crippen molar-refractivity contribution in [1.82, 2.24) is 4.90 Å². The number of fused-ring (bicyclic) bond motifs is 3. The number of halogens is 1. The van der Waals surface area contributed by atoms with Gasteiger partial charge >= 0.3 is 0 Å². The van der Waals surface area contributed by atoms with Crippen molar-refractivity contribution in [1.29, 1.82) is 0 Å². The fourth-order valence-electron chi connectivity index (χ4n) is 3.91. The van der Waals surface area contributed by atoms with Gasteiger partial charge in [0.2, 0.25) is 5.78 Å². The third kappa shape index (κ3) is 4.20. The van der Waals surface area contributed by atoms with Gasteiger partial charge in [-0.1, -0.05) is 54.6 Å². The SMILES string of the molecule is O=C1/C(=C\C=C\c2ccccc2)Oc2c1ccc1c2CN(CCc2ccc(F)cc2)CO1. The maximum Gasteiger partial charge on any atom is 0.231 e. The summed E-state index contributed by atoms with van der Waals surface area (Å²) in [6.45, 7) is 1.84. The van der Waals surface area contributed by atoms with E-state index in [0.29, 0.717) is 30.3 Å². The van der Waals surface area contributed by atoms with Gasteiger partial charge in [0, 0.05) is 13.1 Å². The van der Waals surface area contributed by atoms with Crippen LogP contribution < -0.4 is 9.47 Å². The Morgan fingerprint density at radius 1 is 1.00 bits per heavy atom. The molecule has 0 radical (unpaired) electrons. The quantitative estimate of drug-likeness (QED) is 0.512. The molecule has 3 aromatic carbocycles. The van der Waals surface area contributed by atoms with Crippen molar-refractivity contribution < 1.29 is 18.7 Å². The lowest BCUT2D eigenvalue weighted by Crippen LogP contribution is -2.33. The largest absolute Gasteiger partial charge is 0.478 e. The molecule has 2 aliphatic heterocycles. The Bertz CT molecular complexity index is 1200. The highest BCUT2D eigenvalue weighted by atomic mass is 19.1. The molecule has 0 fully saturated rings. The maximum atomic E-state index is 13.1. The average Bonchev–Trinajstić information content (AvgIpc) is 3.15. The number of ketones is 1. The van der Waals surface area contributed by atoms with E-state index in [9.17, 15) is 9.18 Å². The first-order valence-electron chi connectivity index (χ1n) is 10.6. The van der Waals surface area contributed by atoms with Gasteiger partial charge in [-0.3, -0.25) is 9.69 Å². The summed E-state index contributed by atoms with van der Waals surface area (Å²) in [4.78, 5) is 15.0. The fraction of sp³-hybridized carbons (Fsp3) is 0.148. The van der Waals surface area contributed by atoms with E-state index in [0.717, 1.165) is 35.4 Å². The zero-order chi connectivity index (χ0) is 21.9. The van der Waals surface area contributed by atoms with Crippen molar-refractivity contribution in [3.05, 3.63) is 113 Å². The van der Waals surface area contributed by atoms with Crippen LogP contribution in [0, 0.1) is 5.82 Å². The minimum absolute atomic E-state index is 0.121. The van der Waals surface area contributed by atoms with E-state index < -0.39 is 0 Å². The van der Waals surface area contributed by atoms with Gasteiger partial charge in [-0.2, -0.15) is 0 Å². The van der Waals surface area contributed by atoms with Crippen LogP contribution in [-0.4, -0.2) is 24.0 Å². The maximum absolute atomic E-state index is 13.1. The summed E-state index contributed by atoms with van der Waals surface area (Å²) < 4.78 is 25.0. The molecule has 0 bridgehead atoms. The van der Waals surface area contributed by atoms with Gasteiger partial charge in [0.25, 0.3) is 0 Å². The van der Waals surface area contributed by atoms with Crippen LogP contribution in [0.2, 0.25) is 0 Å². The van der Waals surface area contributed by atoms with Crippen LogP contribution in [0.3, 0.4) is 0 Å². The van der Waals surface area contributed by atoms with E-state index in [1.54, 1.807) is 24.3 Å². The molecule has 160 valence electrons. The molecule has 4 nitrogen and oxygen atoms in total. The van der Waals surface area contributed by atoms with E-state index >= 15 is 0 Å². The molecule has 32 heavy (non-hydrogen) atoms. The first-order chi connectivity index (χ1) is 15.7. The van der Waals surface area contributed by atoms with Gasteiger partial charge in [0.1, 0.15) is 24.0 Å². The number of carbonyl (C=O) groups is 1. The summed E-state index contributed by atoms with van der Waals surface area (Å²) in [6.07, 6.45) is 6.25. The predicted octanol–water partition coefficient (Wildman–Crippen LogP) is 5.39. The minimum atomic E-state index is -0.233. The lowest BCUT2D eigenvalue weighted by atomic mass is 10.0. The molecule has 3 aromatic rings. The van der Waals surface area contributed by atoms with E-state index in [1.807, 2.05) is 48.6 Å². The summed E-state index contributed by atoms with van der Waals surface area (Å²) in [5.74, 6) is 1.28. The van der Waals surface area contributed by atoms with E-state index in [2.05, 4.69) is 4.90 Å². The lowest BCUT2D eigenvalue weighted by molar-refractivity contribution is 0.0949. The number of benzene rings is 3. The molecule has 0 atom stereocenters. The Labute approximate surface area is 186 Å². The number of hydrogen-bond acceptors (Lipinski definition) is 4. The van der Waals surface area contributed by atoms with E-state index in [-0.39, 0.29) is 11.6 Å². The van der Waals surface area contributed by atoms with Gasteiger partial charge in [-0.05, 0) is 47.9 Å². The molecule has 0 aliphatic carbocycles.